The van der Waals surface area contributed by atoms with Gasteiger partial charge in [0, 0.05) is 6.07 Å². The summed E-state index contributed by atoms with van der Waals surface area (Å²) in [5.74, 6) is -0.814. The Kier molecular flexibility index (Phi) is 2.61. The lowest BCUT2D eigenvalue weighted by atomic mass is 10.4. The van der Waals surface area contributed by atoms with Crippen LogP contribution < -0.4 is 16.0 Å². The smallest absolute Gasteiger partial charge is 0.403 e. The summed E-state index contributed by atoms with van der Waals surface area (Å²) in [6.45, 7) is 0. The number of alkyl halides is 3. The van der Waals surface area contributed by atoms with Crippen molar-refractivity contribution in [1.82, 2.24) is 4.98 Å². The van der Waals surface area contributed by atoms with E-state index in [-0.39, 0.29) is 5.15 Å². The molecule has 1 rings (SSSR count). The number of hydrogen-bond acceptors (Lipinski definition) is 3. The van der Waals surface area contributed by atoms with Gasteiger partial charge in [-0.15, -0.1) is 13.2 Å². The average molecular weight is 229 g/mol. The summed E-state index contributed by atoms with van der Waals surface area (Å²) in [5, 5.41) is -0.288. The Hall–Kier alpha value is -1.37. The van der Waals surface area contributed by atoms with Crippen LogP contribution in [0.15, 0.2) is 10.9 Å². The van der Waals surface area contributed by atoms with Gasteiger partial charge in [0.2, 0.25) is 0 Å². The first-order valence-electron chi connectivity index (χ1n) is 3.23. The van der Waals surface area contributed by atoms with Crippen molar-refractivity contribution in [3.05, 3.63) is 21.6 Å². The van der Waals surface area contributed by atoms with Gasteiger partial charge < -0.3 is 15.5 Å². The fourth-order valence-corrected chi connectivity index (χ4v) is 0.911. The highest BCUT2D eigenvalue weighted by Crippen LogP contribution is 2.27. The highest BCUT2D eigenvalue weighted by Gasteiger charge is 2.32. The Morgan fingerprint density at radius 1 is 1.50 bits per heavy atom. The number of halogens is 4. The van der Waals surface area contributed by atoms with Gasteiger partial charge in [-0.25, -0.2) is 0 Å². The summed E-state index contributed by atoms with van der Waals surface area (Å²) in [6, 6.07) is 0.770. The molecule has 3 N–H and O–H groups in total. The van der Waals surface area contributed by atoms with Gasteiger partial charge in [0.15, 0.2) is 5.75 Å². The molecule has 0 radical (unpaired) electrons. The Bertz CT molecular complexity index is 401. The van der Waals surface area contributed by atoms with Crippen molar-refractivity contribution >= 4 is 17.3 Å². The number of ether oxygens (including phenoxy) is 1. The third-order valence-electron chi connectivity index (χ3n) is 1.23. The summed E-state index contributed by atoms with van der Waals surface area (Å²) < 4.78 is 38.7. The van der Waals surface area contributed by atoms with Crippen LogP contribution in [-0.4, -0.2) is 11.3 Å². The van der Waals surface area contributed by atoms with E-state index in [1.807, 2.05) is 4.98 Å². The molecule has 0 amide bonds. The first-order chi connectivity index (χ1) is 6.29. The summed E-state index contributed by atoms with van der Waals surface area (Å²) in [5.41, 5.74) is 3.42. The summed E-state index contributed by atoms with van der Waals surface area (Å²) in [4.78, 5) is 12.8. The van der Waals surface area contributed by atoms with Crippen molar-refractivity contribution in [3.8, 4) is 5.75 Å². The molecule has 0 bridgehead atoms. The van der Waals surface area contributed by atoms with Gasteiger partial charge in [0.05, 0.1) is 0 Å². The van der Waals surface area contributed by atoms with Gasteiger partial charge in [0.1, 0.15) is 10.8 Å². The van der Waals surface area contributed by atoms with Crippen LogP contribution in [0.4, 0.5) is 18.9 Å². The molecule has 1 aromatic heterocycles. The molecule has 0 spiro atoms. The van der Waals surface area contributed by atoms with Gasteiger partial charge in [-0.2, -0.15) is 0 Å². The largest absolute Gasteiger partial charge is 0.573 e. The molecule has 14 heavy (non-hydrogen) atoms. The zero-order chi connectivity index (χ0) is 10.9. The lowest BCUT2D eigenvalue weighted by Gasteiger charge is -2.10. The molecule has 0 aliphatic rings. The van der Waals surface area contributed by atoms with Gasteiger partial charge in [0.25, 0.3) is 5.56 Å². The summed E-state index contributed by atoms with van der Waals surface area (Å²) in [6.07, 6.45) is -4.91. The molecular formula is C6H4ClF3N2O2. The molecule has 1 aromatic rings. The Balaban J connectivity index is 3.15. The second-order valence-electron chi connectivity index (χ2n) is 2.27. The minimum absolute atomic E-state index is 0.288. The van der Waals surface area contributed by atoms with E-state index < -0.39 is 23.4 Å². The summed E-state index contributed by atoms with van der Waals surface area (Å²) >= 11 is 5.29. The van der Waals surface area contributed by atoms with E-state index in [0.717, 1.165) is 6.07 Å². The number of hydrogen-bond donors (Lipinski definition) is 2. The maximum atomic E-state index is 11.8. The zero-order valence-corrected chi connectivity index (χ0v) is 7.24. The third kappa shape index (κ3) is 2.56. The third-order valence-corrected chi connectivity index (χ3v) is 1.43. The van der Waals surface area contributed by atoms with Crippen molar-refractivity contribution in [2.24, 2.45) is 0 Å². The Labute approximate surface area is 80.4 Å². The van der Waals surface area contributed by atoms with Gasteiger partial charge in [-0.1, -0.05) is 11.6 Å². The minimum atomic E-state index is -4.91. The van der Waals surface area contributed by atoms with Crippen molar-refractivity contribution < 1.29 is 17.9 Å². The number of aromatic nitrogens is 1. The Morgan fingerprint density at radius 3 is 2.57 bits per heavy atom. The normalized spacial score (nSPS) is 11.4. The molecule has 0 aliphatic heterocycles. The van der Waals surface area contributed by atoms with Crippen LogP contribution in [0, 0.1) is 0 Å². The van der Waals surface area contributed by atoms with E-state index in [4.69, 9.17) is 17.3 Å². The molecule has 4 nitrogen and oxygen atoms in total. The molecule has 78 valence electrons. The summed E-state index contributed by atoms with van der Waals surface area (Å²) in [7, 11) is 0. The maximum absolute atomic E-state index is 11.8. The second kappa shape index (κ2) is 3.41. The van der Waals surface area contributed by atoms with Crippen LogP contribution in [-0.2, 0) is 0 Å². The van der Waals surface area contributed by atoms with Gasteiger partial charge in [-0.05, 0) is 0 Å². The van der Waals surface area contributed by atoms with E-state index in [1.165, 1.54) is 0 Å². The van der Waals surface area contributed by atoms with E-state index >= 15 is 0 Å². The van der Waals surface area contributed by atoms with Crippen LogP contribution in [0.1, 0.15) is 0 Å². The van der Waals surface area contributed by atoms with E-state index in [1.54, 1.807) is 0 Å². The van der Waals surface area contributed by atoms with E-state index in [2.05, 4.69) is 4.74 Å². The maximum Gasteiger partial charge on any atom is 0.573 e. The number of rotatable bonds is 1. The number of nitrogen functional groups attached to an aromatic ring is 1. The molecule has 0 atom stereocenters. The molecule has 0 saturated carbocycles. The molecule has 1 heterocycles. The van der Waals surface area contributed by atoms with Crippen molar-refractivity contribution in [3.63, 3.8) is 0 Å². The minimum Gasteiger partial charge on any atom is -0.403 e. The standard InChI is InChI=1S/C6H4ClF3N2O2/c7-3-1-2(14-6(8,9)10)4(11)5(13)12-3/h1H,11H2,(H,12,13). The first kappa shape index (κ1) is 10.7. The van der Waals surface area contributed by atoms with Gasteiger partial charge in [-0.3, -0.25) is 4.79 Å². The van der Waals surface area contributed by atoms with E-state index in [0.29, 0.717) is 0 Å². The zero-order valence-electron chi connectivity index (χ0n) is 6.48. The number of H-pyrrole nitrogens is 1. The number of nitrogens with one attached hydrogen (secondary N) is 1. The second-order valence-corrected chi connectivity index (χ2v) is 2.68. The van der Waals surface area contributed by atoms with Crippen LogP contribution in [0.25, 0.3) is 0 Å². The van der Waals surface area contributed by atoms with Crippen molar-refractivity contribution in [2.45, 2.75) is 6.36 Å². The van der Waals surface area contributed by atoms with Crippen molar-refractivity contribution in [2.75, 3.05) is 5.73 Å². The molecule has 0 saturated heterocycles. The van der Waals surface area contributed by atoms with Crippen LogP contribution in [0.2, 0.25) is 5.15 Å². The Morgan fingerprint density at radius 2 is 2.07 bits per heavy atom. The fraction of sp³-hybridized carbons (Fsp3) is 0.167. The highest BCUT2D eigenvalue weighted by molar-refractivity contribution is 6.29. The van der Waals surface area contributed by atoms with E-state index in [9.17, 15) is 18.0 Å². The first-order valence-corrected chi connectivity index (χ1v) is 3.61. The monoisotopic (exact) mass is 228 g/mol. The predicted molar refractivity (Wildman–Crippen MR) is 43.2 cm³/mol. The van der Waals surface area contributed by atoms with Crippen LogP contribution in [0.3, 0.4) is 0 Å². The average Bonchev–Trinajstić information content (AvgIpc) is 1.96. The van der Waals surface area contributed by atoms with Crippen LogP contribution >= 0.6 is 11.6 Å². The molecule has 0 aliphatic carbocycles. The fourth-order valence-electron chi connectivity index (χ4n) is 0.726. The number of anilines is 1. The molecule has 8 heteroatoms. The SMILES string of the molecule is Nc1c(OC(F)(F)F)cc(Cl)[nH]c1=O. The molecule has 0 aromatic carbocycles. The number of aromatic amines is 1. The van der Waals surface area contributed by atoms with Gasteiger partial charge >= 0.3 is 6.36 Å². The quantitative estimate of drug-likeness (QED) is 0.716. The lowest BCUT2D eigenvalue weighted by Crippen LogP contribution is -2.21. The molecule has 0 fully saturated rings. The van der Waals surface area contributed by atoms with Crippen LogP contribution in [0.5, 0.6) is 5.75 Å². The lowest BCUT2D eigenvalue weighted by molar-refractivity contribution is -0.274. The molecular weight excluding hydrogens is 225 g/mol. The topological polar surface area (TPSA) is 68.1 Å². The number of pyridine rings is 1. The number of nitrogens with two attached hydrogens (primary N) is 1. The predicted octanol–water partition coefficient (Wildman–Crippen LogP) is 1.51. The highest BCUT2D eigenvalue weighted by atomic mass is 35.5. The molecule has 0 unspecified atom stereocenters. The van der Waals surface area contributed by atoms with Crippen molar-refractivity contribution in [1.29, 1.82) is 0 Å².